The van der Waals surface area contributed by atoms with Crippen molar-refractivity contribution in [2.24, 2.45) is 0 Å². The number of pyridine rings is 1. The first-order valence-corrected chi connectivity index (χ1v) is 9.23. The summed E-state index contributed by atoms with van der Waals surface area (Å²) in [6.07, 6.45) is 5.91. The van der Waals surface area contributed by atoms with Crippen molar-refractivity contribution in [2.45, 2.75) is 18.9 Å². The molecule has 1 aromatic heterocycles. The van der Waals surface area contributed by atoms with E-state index in [1.54, 1.807) is 12.4 Å². The Morgan fingerprint density at radius 2 is 1.73 bits per heavy atom. The van der Waals surface area contributed by atoms with Gasteiger partial charge in [-0.3, -0.25) is 14.7 Å². The normalized spacial score (nSPS) is 15.8. The first-order valence-electron chi connectivity index (χ1n) is 9.23. The molecular weight excluding hydrogens is 322 g/mol. The molecule has 0 radical (unpaired) electrons. The van der Waals surface area contributed by atoms with E-state index in [2.05, 4.69) is 39.5 Å². The number of carbonyl (C=O) groups is 1. The third-order valence-electron chi connectivity index (χ3n) is 5.13. The van der Waals surface area contributed by atoms with Crippen molar-refractivity contribution in [1.29, 1.82) is 0 Å². The Bertz CT molecular complexity index is 883. The van der Waals surface area contributed by atoms with Crippen molar-refractivity contribution in [3.8, 4) is 0 Å². The van der Waals surface area contributed by atoms with Crippen LogP contribution in [0.5, 0.6) is 0 Å². The van der Waals surface area contributed by atoms with E-state index in [1.807, 2.05) is 30.3 Å². The second-order valence-corrected chi connectivity index (χ2v) is 6.79. The fraction of sp³-hybridized carbons (Fsp3) is 0.273. The van der Waals surface area contributed by atoms with Gasteiger partial charge in [-0.15, -0.1) is 0 Å². The number of hydrogen-bond acceptors (Lipinski definition) is 3. The van der Waals surface area contributed by atoms with Gasteiger partial charge in [0.15, 0.2) is 0 Å². The summed E-state index contributed by atoms with van der Waals surface area (Å²) in [4.78, 5) is 19.5. The van der Waals surface area contributed by atoms with Crippen LogP contribution in [0.4, 0.5) is 0 Å². The van der Waals surface area contributed by atoms with Crippen LogP contribution in [0.15, 0.2) is 67.0 Å². The number of likely N-dealkylation sites (tertiary alicyclic amines) is 1. The standard InChI is InChI=1S/C22H23N3O/c26-22(20-15-23-14-18-10-4-5-11-19(18)20)24-16-21(25-12-6-7-13-25)17-8-2-1-3-9-17/h1-5,8-11,14-15,21H,6-7,12-13,16H2,(H,24,26). The molecule has 26 heavy (non-hydrogen) atoms. The number of amides is 1. The van der Waals surface area contributed by atoms with Crippen LogP contribution in [-0.4, -0.2) is 35.4 Å². The van der Waals surface area contributed by atoms with Gasteiger partial charge in [-0.1, -0.05) is 54.6 Å². The van der Waals surface area contributed by atoms with E-state index in [9.17, 15) is 4.79 Å². The van der Waals surface area contributed by atoms with Gasteiger partial charge >= 0.3 is 0 Å². The summed E-state index contributed by atoms with van der Waals surface area (Å²) in [5.41, 5.74) is 1.89. The molecule has 132 valence electrons. The van der Waals surface area contributed by atoms with E-state index in [0.29, 0.717) is 12.1 Å². The zero-order valence-corrected chi connectivity index (χ0v) is 14.8. The van der Waals surface area contributed by atoms with Crippen LogP contribution in [0.1, 0.15) is 34.8 Å². The minimum absolute atomic E-state index is 0.0607. The average Bonchev–Trinajstić information content (AvgIpc) is 3.23. The molecule has 0 bridgehead atoms. The van der Waals surface area contributed by atoms with Gasteiger partial charge < -0.3 is 5.32 Å². The summed E-state index contributed by atoms with van der Waals surface area (Å²) in [5.74, 6) is -0.0607. The van der Waals surface area contributed by atoms with Gasteiger partial charge in [0.05, 0.1) is 11.6 Å². The van der Waals surface area contributed by atoms with Crippen molar-refractivity contribution >= 4 is 16.7 Å². The van der Waals surface area contributed by atoms with E-state index in [-0.39, 0.29) is 11.9 Å². The highest BCUT2D eigenvalue weighted by molar-refractivity contribution is 6.06. The fourth-order valence-corrected chi connectivity index (χ4v) is 3.77. The lowest BCUT2D eigenvalue weighted by Gasteiger charge is -2.28. The Balaban J connectivity index is 1.54. The number of rotatable bonds is 5. The van der Waals surface area contributed by atoms with Crippen molar-refractivity contribution in [2.75, 3.05) is 19.6 Å². The molecule has 1 amide bonds. The highest BCUT2D eigenvalue weighted by Crippen LogP contribution is 2.25. The Labute approximate surface area is 153 Å². The Hall–Kier alpha value is -2.72. The molecule has 1 fully saturated rings. The van der Waals surface area contributed by atoms with Crippen LogP contribution in [-0.2, 0) is 0 Å². The molecule has 2 aromatic carbocycles. The lowest BCUT2D eigenvalue weighted by Crippen LogP contribution is -2.36. The molecule has 4 heteroatoms. The lowest BCUT2D eigenvalue weighted by molar-refractivity contribution is 0.0939. The number of nitrogens with one attached hydrogen (secondary N) is 1. The zero-order valence-electron chi connectivity index (χ0n) is 14.8. The number of hydrogen-bond donors (Lipinski definition) is 1. The van der Waals surface area contributed by atoms with E-state index < -0.39 is 0 Å². The number of nitrogens with zero attached hydrogens (tertiary/aromatic N) is 2. The zero-order chi connectivity index (χ0) is 17.8. The fourth-order valence-electron chi connectivity index (χ4n) is 3.77. The van der Waals surface area contributed by atoms with Crippen molar-refractivity contribution in [3.63, 3.8) is 0 Å². The molecule has 0 aliphatic carbocycles. The molecule has 1 aliphatic rings. The molecule has 1 atom stereocenters. The first-order chi connectivity index (χ1) is 12.8. The highest BCUT2D eigenvalue weighted by Gasteiger charge is 2.24. The van der Waals surface area contributed by atoms with E-state index in [4.69, 9.17) is 0 Å². The molecule has 1 N–H and O–H groups in total. The predicted octanol–water partition coefficient (Wildman–Crippen LogP) is 3.80. The largest absolute Gasteiger partial charge is 0.350 e. The van der Waals surface area contributed by atoms with Crippen LogP contribution < -0.4 is 5.32 Å². The van der Waals surface area contributed by atoms with E-state index in [0.717, 1.165) is 23.9 Å². The second-order valence-electron chi connectivity index (χ2n) is 6.79. The summed E-state index contributed by atoms with van der Waals surface area (Å²) in [6, 6.07) is 18.5. The van der Waals surface area contributed by atoms with Crippen LogP contribution in [0, 0.1) is 0 Å². The summed E-state index contributed by atoms with van der Waals surface area (Å²) < 4.78 is 0. The SMILES string of the molecule is O=C(NCC(c1ccccc1)N1CCCC1)c1cncc2ccccc12. The number of fused-ring (bicyclic) bond motifs is 1. The maximum atomic E-state index is 12.8. The van der Waals surface area contributed by atoms with Gasteiger partial charge in [-0.2, -0.15) is 0 Å². The summed E-state index contributed by atoms with van der Waals surface area (Å²) in [7, 11) is 0. The Kier molecular flexibility index (Phi) is 4.93. The van der Waals surface area contributed by atoms with E-state index >= 15 is 0 Å². The van der Waals surface area contributed by atoms with Gasteiger partial charge in [-0.05, 0) is 36.9 Å². The molecule has 0 spiro atoms. The van der Waals surface area contributed by atoms with Crippen LogP contribution in [0.25, 0.3) is 10.8 Å². The van der Waals surface area contributed by atoms with Gasteiger partial charge in [0, 0.05) is 24.3 Å². The van der Waals surface area contributed by atoms with Crippen molar-refractivity contribution < 1.29 is 4.79 Å². The molecule has 4 nitrogen and oxygen atoms in total. The third kappa shape index (κ3) is 3.46. The first kappa shape index (κ1) is 16.7. The number of carbonyl (C=O) groups excluding carboxylic acids is 1. The minimum atomic E-state index is -0.0607. The van der Waals surface area contributed by atoms with Gasteiger partial charge in [0.25, 0.3) is 5.91 Å². The lowest BCUT2D eigenvalue weighted by atomic mass is 10.0. The van der Waals surface area contributed by atoms with Gasteiger partial charge in [-0.25, -0.2) is 0 Å². The van der Waals surface area contributed by atoms with Crippen molar-refractivity contribution in [1.82, 2.24) is 15.2 Å². The monoisotopic (exact) mass is 345 g/mol. The molecule has 0 saturated carbocycles. The molecule has 1 unspecified atom stereocenters. The smallest absolute Gasteiger partial charge is 0.253 e. The topological polar surface area (TPSA) is 45.2 Å². The number of benzene rings is 2. The van der Waals surface area contributed by atoms with Crippen LogP contribution in [0.3, 0.4) is 0 Å². The summed E-state index contributed by atoms with van der Waals surface area (Å²) in [5, 5.41) is 5.07. The van der Waals surface area contributed by atoms with Crippen LogP contribution in [0.2, 0.25) is 0 Å². The van der Waals surface area contributed by atoms with Crippen LogP contribution >= 0.6 is 0 Å². The predicted molar refractivity (Wildman–Crippen MR) is 104 cm³/mol. The van der Waals surface area contributed by atoms with Gasteiger partial charge in [0.1, 0.15) is 0 Å². The molecule has 1 aliphatic heterocycles. The molecule has 2 heterocycles. The van der Waals surface area contributed by atoms with E-state index in [1.165, 1.54) is 18.4 Å². The van der Waals surface area contributed by atoms with Gasteiger partial charge in [0.2, 0.25) is 0 Å². The minimum Gasteiger partial charge on any atom is -0.350 e. The summed E-state index contributed by atoms with van der Waals surface area (Å²) >= 11 is 0. The second kappa shape index (κ2) is 7.67. The molecular formula is C22H23N3O. The molecule has 1 saturated heterocycles. The quantitative estimate of drug-likeness (QED) is 0.765. The third-order valence-corrected chi connectivity index (χ3v) is 5.13. The average molecular weight is 345 g/mol. The summed E-state index contributed by atoms with van der Waals surface area (Å²) in [6.45, 7) is 2.78. The number of aromatic nitrogens is 1. The Morgan fingerprint density at radius 3 is 2.54 bits per heavy atom. The Morgan fingerprint density at radius 1 is 1.00 bits per heavy atom. The van der Waals surface area contributed by atoms with Crippen molar-refractivity contribution in [3.05, 3.63) is 78.1 Å². The molecule has 4 rings (SSSR count). The maximum Gasteiger partial charge on any atom is 0.253 e. The highest BCUT2D eigenvalue weighted by atomic mass is 16.1. The maximum absolute atomic E-state index is 12.8. The molecule has 3 aromatic rings.